The molecular weight excluding hydrogens is 222 g/mol. The molecule has 0 heterocycles. The lowest BCUT2D eigenvalue weighted by atomic mass is 10.4. The number of benzene rings is 1. The molecule has 0 unspecified atom stereocenters. The molecule has 0 saturated carbocycles. The van der Waals surface area contributed by atoms with Gasteiger partial charge in [0.25, 0.3) is 0 Å². The Labute approximate surface area is 102 Å². The molecule has 0 bridgehead atoms. The molecule has 90 valence electrons. The topological polar surface area (TPSA) is 21.7 Å². The fourth-order valence-electron chi connectivity index (χ4n) is 1.39. The zero-order valence-electron chi connectivity index (χ0n) is 10.1. The lowest BCUT2D eigenvalue weighted by Crippen LogP contribution is -2.36. The van der Waals surface area contributed by atoms with Crippen LogP contribution in [0, 0.1) is 0 Å². The van der Waals surface area contributed by atoms with Crippen LogP contribution in [0.25, 0.3) is 0 Å². The van der Waals surface area contributed by atoms with Gasteiger partial charge in [-0.1, -0.05) is 18.2 Å². The summed E-state index contributed by atoms with van der Waals surface area (Å²) in [5, 5.41) is 0. The second kappa shape index (κ2) is 7.68. The molecule has 1 rings (SSSR count). The molecule has 0 aliphatic carbocycles. The van der Waals surface area contributed by atoms with Crippen molar-refractivity contribution in [1.29, 1.82) is 0 Å². The average Bonchev–Trinajstić information content (AvgIpc) is 2.32. The molecule has 0 aliphatic heterocycles. The van der Waals surface area contributed by atoms with Gasteiger partial charge in [-0.2, -0.15) is 0 Å². The monoisotopic (exact) mass is 241 g/mol. The van der Waals surface area contributed by atoms with E-state index < -0.39 is 0 Å². The largest absolute Gasteiger partial charge is 0.343 e. The van der Waals surface area contributed by atoms with E-state index in [2.05, 4.69) is 24.3 Å². The van der Waals surface area contributed by atoms with Gasteiger partial charge in [0.1, 0.15) is 0 Å². The van der Waals surface area contributed by atoms with Crippen molar-refractivity contribution in [3.8, 4) is 0 Å². The first-order chi connectivity index (χ1) is 7.77. The van der Waals surface area contributed by atoms with Crippen LogP contribution in [-0.4, -0.2) is 44.9 Å². The summed E-state index contributed by atoms with van der Waals surface area (Å²) in [7, 11) is 5.28. The van der Waals surface area contributed by atoms with Crippen LogP contribution in [0.5, 0.6) is 0 Å². The zero-order valence-corrected chi connectivity index (χ0v) is 10.9. The molecule has 0 saturated heterocycles. The Balaban J connectivity index is 2.25. The number of methoxy groups -OCH3 is 2. The Morgan fingerprint density at radius 2 is 1.81 bits per heavy atom. The smallest absolute Gasteiger partial charge is 0.217 e. The molecule has 0 aromatic heterocycles. The van der Waals surface area contributed by atoms with E-state index in [0.717, 1.165) is 12.3 Å². The molecule has 0 amide bonds. The molecule has 0 N–H and O–H groups in total. The molecule has 0 fully saturated rings. The third kappa shape index (κ3) is 4.53. The van der Waals surface area contributed by atoms with Crippen molar-refractivity contribution in [3.63, 3.8) is 0 Å². The molecule has 1 aromatic rings. The number of hydrogen-bond acceptors (Lipinski definition) is 4. The lowest BCUT2D eigenvalue weighted by molar-refractivity contribution is -0.186. The molecule has 16 heavy (non-hydrogen) atoms. The third-order valence-electron chi connectivity index (χ3n) is 2.22. The fraction of sp³-hybridized carbons (Fsp3) is 0.500. The molecule has 0 atom stereocenters. The van der Waals surface area contributed by atoms with Crippen LogP contribution in [0.4, 0.5) is 0 Å². The van der Waals surface area contributed by atoms with Gasteiger partial charge in [-0.25, -0.2) is 0 Å². The van der Waals surface area contributed by atoms with Crippen LogP contribution in [-0.2, 0) is 9.47 Å². The van der Waals surface area contributed by atoms with E-state index in [4.69, 9.17) is 9.47 Å². The Morgan fingerprint density at radius 3 is 2.38 bits per heavy atom. The fourth-order valence-corrected chi connectivity index (χ4v) is 2.35. The van der Waals surface area contributed by atoms with Crippen LogP contribution in [0.15, 0.2) is 35.2 Å². The van der Waals surface area contributed by atoms with E-state index in [0.29, 0.717) is 0 Å². The van der Waals surface area contributed by atoms with E-state index in [-0.39, 0.29) is 6.41 Å². The van der Waals surface area contributed by atoms with Gasteiger partial charge >= 0.3 is 0 Å². The van der Waals surface area contributed by atoms with Gasteiger partial charge in [0, 0.05) is 31.4 Å². The summed E-state index contributed by atoms with van der Waals surface area (Å²) in [6.45, 7) is 0.923. The molecule has 4 heteroatoms. The molecular formula is C12H19NO2S. The third-order valence-corrected chi connectivity index (χ3v) is 3.21. The Hall–Kier alpha value is -0.550. The highest BCUT2D eigenvalue weighted by atomic mass is 32.2. The summed E-state index contributed by atoms with van der Waals surface area (Å²) in [6.07, 6.45) is -0.253. The summed E-state index contributed by atoms with van der Waals surface area (Å²) < 4.78 is 10.3. The second-order valence-electron chi connectivity index (χ2n) is 3.42. The zero-order chi connectivity index (χ0) is 11.8. The normalized spacial score (nSPS) is 11.3. The number of hydrogen-bond donors (Lipinski definition) is 0. The number of thioether (sulfide) groups is 1. The van der Waals surface area contributed by atoms with E-state index in [1.165, 1.54) is 4.90 Å². The maximum Gasteiger partial charge on any atom is 0.217 e. The van der Waals surface area contributed by atoms with Crippen molar-refractivity contribution in [2.75, 3.05) is 33.6 Å². The summed E-state index contributed by atoms with van der Waals surface area (Å²) >= 11 is 1.83. The van der Waals surface area contributed by atoms with E-state index in [9.17, 15) is 0 Å². The quantitative estimate of drug-likeness (QED) is 0.539. The van der Waals surface area contributed by atoms with Gasteiger partial charge in [0.2, 0.25) is 6.41 Å². The van der Waals surface area contributed by atoms with Crippen LogP contribution in [0.2, 0.25) is 0 Å². The Morgan fingerprint density at radius 1 is 1.19 bits per heavy atom. The maximum atomic E-state index is 5.16. The molecule has 0 aliphatic rings. The van der Waals surface area contributed by atoms with Crippen molar-refractivity contribution in [1.82, 2.24) is 4.90 Å². The minimum atomic E-state index is -0.253. The van der Waals surface area contributed by atoms with Gasteiger partial charge in [0.15, 0.2) is 0 Å². The van der Waals surface area contributed by atoms with Crippen LogP contribution < -0.4 is 0 Å². The van der Waals surface area contributed by atoms with E-state index >= 15 is 0 Å². The van der Waals surface area contributed by atoms with Crippen molar-refractivity contribution >= 4 is 11.8 Å². The van der Waals surface area contributed by atoms with Crippen molar-refractivity contribution in [2.24, 2.45) is 0 Å². The van der Waals surface area contributed by atoms with Gasteiger partial charge in [-0.15, -0.1) is 11.8 Å². The molecule has 3 nitrogen and oxygen atoms in total. The highest BCUT2D eigenvalue weighted by Crippen LogP contribution is 2.16. The average molecular weight is 241 g/mol. The first-order valence-corrected chi connectivity index (χ1v) is 6.20. The number of nitrogens with zero attached hydrogens (tertiary/aromatic N) is 1. The summed E-state index contributed by atoms with van der Waals surface area (Å²) in [4.78, 5) is 3.33. The van der Waals surface area contributed by atoms with Gasteiger partial charge in [-0.05, 0) is 19.2 Å². The van der Waals surface area contributed by atoms with Crippen molar-refractivity contribution < 1.29 is 9.47 Å². The second-order valence-corrected chi connectivity index (χ2v) is 4.59. The first-order valence-electron chi connectivity index (χ1n) is 5.21. The lowest BCUT2D eigenvalue weighted by Gasteiger charge is -2.24. The number of rotatable bonds is 7. The summed E-state index contributed by atoms with van der Waals surface area (Å²) in [5.74, 6) is 1.02. The first kappa shape index (κ1) is 13.5. The predicted molar refractivity (Wildman–Crippen MR) is 67.6 cm³/mol. The van der Waals surface area contributed by atoms with Crippen LogP contribution >= 0.6 is 11.8 Å². The van der Waals surface area contributed by atoms with Crippen molar-refractivity contribution in [3.05, 3.63) is 30.3 Å². The minimum absolute atomic E-state index is 0.253. The highest BCUT2D eigenvalue weighted by Gasteiger charge is 2.11. The van der Waals surface area contributed by atoms with Gasteiger partial charge in [0.05, 0.1) is 0 Å². The number of ether oxygens (including phenoxy) is 2. The van der Waals surface area contributed by atoms with E-state index in [1.54, 1.807) is 14.2 Å². The maximum absolute atomic E-state index is 5.16. The van der Waals surface area contributed by atoms with Crippen LogP contribution in [0.3, 0.4) is 0 Å². The summed E-state index contributed by atoms with van der Waals surface area (Å²) in [6, 6.07) is 10.4. The summed E-state index contributed by atoms with van der Waals surface area (Å²) in [5.41, 5.74) is 0. The minimum Gasteiger partial charge on any atom is -0.343 e. The van der Waals surface area contributed by atoms with Crippen molar-refractivity contribution in [2.45, 2.75) is 11.3 Å². The Bertz CT molecular complexity index is 278. The standard InChI is InChI=1S/C12H19NO2S/c1-13(12(14-2)15-3)9-10-16-11-7-5-4-6-8-11/h4-8,12H,9-10H2,1-3H3. The Kier molecular flexibility index (Phi) is 6.49. The molecule has 1 aromatic carbocycles. The van der Waals surface area contributed by atoms with Gasteiger partial charge in [-0.3, -0.25) is 4.90 Å². The van der Waals surface area contributed by atoms with Crippen LogP contribution in [0.1, 0.15) is 0 Å². The van der Waals surface area contributed by atoms with Gasteiger partial charge < -0.3 is 9.47 Å². The predicted octanol–water partition coefficient (Wildman–Crippen LogP) is 2.29. The highest BCUT2D eigenvalue weighted by molar-refractivity contribution is 7.99. The van der Waals surface area contributed by atoms with E-state index in [1.807, 2.05) is 29.8 Å². The SMILES string of the molecule is COC(OC)N(C)CCSc1ccccc1. The molecule has 0 radical (unpaired) electrons. The molecule has 0 spiro atoms.